The molecule has 234 valence electrons. The van der Waals surface area contributed by atoms with Crippen molar-refractivity contribution < 1.29 is 0 Å². The number of benzene rings is 6. The van der Waals surface area contributed by atoms with Gasteiger partial charge in [-0.2, -0.15) is 9.97 Å². The standard InChI is InChI=1S/C44H28N6/c1-4-14-29(15-5-1)41-46-42(30-16-6-2-7-17-30)48-44(47-41)50-39-26-25-31(28-37(39)36-23-13-27-45-43(36)50)33-21-12-22-35-34-20-10-11-24-38(34)49(40(33)35)32-18-8-3-9-19-32/h1-28H. The van der Waals surface area contributed by atoms with Crippen LogP contribution < -0.4 is 0 Å². The van der Waals surface area contributed by atoms with E-state index in [1.165, 1.54) is 21.8 Å². The molecule has 0 unspecified atom stereocenters. The number of hydrogen-bond acceptors (Lipinski definition) is 4. The molecule has 0 atom stereocenters. The lowest BCUT2D eigenvalue weighted by atomic mass is 10.00. The molecule has 0 aliphatic rings. The van der Waals surface area contributed by atoms with Gasteiger partial charge >= 0.3 is 0 Å². The van der Waals surface area contributed by atoms with Crippen molar-refractivity contribution in [2.45, 2.75) is 0 Å². The van der Waals surface area contributed by atoms with Crippen LogP contribution in [0.4, 0.5) is 0 Å². The summed E-state index contributed by atoms with van der Waals surface area (Å²) < 4.78 is 4.45. The summed E-state index contributed by atoms with van der Waals surface area (Å²) in [5.41, 5.74) is 9.38. The highest BCUT2D eigenvalue weighted by atomic mass is 15.2. The Morgan fingerprint density at radius 1 is 0.400 bits per heavy atom. The first-order chi connectivity index (χ1) is 24.8. The van der Waals surface area contributed by atoms with Crippen LogP contribution in [-0.2, 0) is 0 Å². The Hall–Kier alpha value is -6.92. The maximum Gasteiger partial charge on any atom is 0.240 e. The van der Waals surface area contributed by atoms with Gasteiger partial charge in [0, 0.05) is 50.1 Å². The molecular weight excluding hydrogens is 613 g/mol. The van der Waals surface area contributed by atoms with Gasteiger partial charge in [0.1, 0.15) is 5.65 Å². The molecule has 0 aliphatic heterocycles. The summed E-state index contributed by atoms with van der Waals surface area (Å²) in [6.07, 6.45) is 1.83. The summed E-state index contributed by atoms with van der Waals surface area (Å²) in [6.45, 7) is 0. The lowest BCUT2D eigenvalue weighted by Gasteiger charge is -2.12. The SMILES string of the molecule is c1ccc(-c2nc(-c3ccccc3)nc(-n3c4ccc(-c5cccc6c7ccccc7n(-c7ccccc7)c56)cc4c4cccnc43)n2)cc1. The number of aromatic nitrogens is 6. The predicted octanol–water partition coefficient (Wildman–Crippen LogP) is 10.5. The zero-order chi connectivity index (χ0) is 33.0. The average molecular weight is 641 g/mol. The second-order valence-corrected chi connectivity index (χ2v) is 12.3. The molecule has 0 N–H and O–H groups in total. The summed E-state index contributed by atoms with van der Waals surface area (Å²) >= 11 is 0. The van der Waals surface area contributed by atoms with Gasteiger partial charge in [-0.05, 0) is 48.0 Å². The number of pyridine rings is 1. The molecule has 10 rings (SSSR count). The molecule has 50 heavy (non-hydrogen) atoms. The topological polar surface area (TPSA) is 61.4 Å². The van der Waals surface area contributed by atoms with Crippen molar-refractivity contribution in [3.8, 4) is 45.5 Å². The van der Waals surface area contributed by atoms with E-state index >= 15 is 0 Å². The van der Waals surface area contributed by atoms with Gasteiger partial charge in [0.15, 0.2) is 11.6 Å². The second kappa shape index (κ2) is 11.4. The van der Waals surface area contributed by atoms with E-state index in [4.69, 9.17) is 19.9 Å². The summed E-state index contributed by atoms with van der Waals surface area (Å²) in [4.78, 5) is 19.9. The van der Waals surface area contributed by atoms with Gasteiger partial charge in [-0.15, -0.1) is 0 Å². The maximum atomic E-state index is 5.06. The number of hydrogen-bond donors (Lipinski definition) is 0. The van der Waals surface area contributed by atoms with Gasteiger partial charge in [-0.25, -0.2) is 9.97 Å². The first-order valence-corrected chi connectivity index (χ1v) is 16.7. The van der Waals surface area contributed by atoms with Crippen molar-refractivity contribution in [3.63, 3.8) is 0 Å². The van der Waals surface area contributed by atoms with Crippen molar-refractivity contribution in [2.75, 3.05) is 0 Å². The van der Waals surface area contributed by atoms with E-state index in [0.717, 1.165) is 49.9 Å². The van der Waals surface area contributed by atoms with E-state index in [1.807, 2.05) is 72.9 Å². The number of nitrogens with zero attached hydrogens (tertiary/aromatic N) is 6. The van der Waals surface area contributed by atoms with Gasteiger partial charge < -0.3 is 4.57 Å². The summed E-state index contributed by atoms with van der Waals surface area (Å²) in [7, 11) is 0. The first kappa shape index (κ1) is 28.1. The van der Waals surface area contributed by atoms with Crippen molar-refractivity contribution in [1.82, 2.24) is 29.1 Å². The van der Waals surface area contributed by atoms with Gasteiger partial charge in [0.05, 0.1) is 16.6 Å². The Labute approximate surface area is 287 Å². The van der Waals surface area contributed by atoms with Crippen LogP contribution >= 0.6 is 0 Å². The Morgan fingerprint density at radius 2 is 1.02 bits per heavy atom. The Balaban J connectivity index is 1.23. The summed E-state index contributed by atoms with van der Waals surface area (Å²) in [6, 6.07) is 56.8. The second-order valence-electron chi connectivity index (χ2n) is 12.3. The van der Waals surface area contributed by atoms with E-state index in [1.54, 1.807) is 0 Å². The highest BCUT2D eigenvalue weighted by Crippen LogP contribution is 2.40. The highest BCUT2D eigenvalue weighted by Gasteiger charge is 2.21. The molecule has 0 bridgehead atoms. The fraction of sp³-hybridized carbons (Fsp3) is 0. The van der Waals surface area contributed by atoms with Crippen LogP contribution in [0, 0.1) is 0 Å². The third-order valence-electron chi connectivity index (χ3n) is 9.43. The number of rotatable bonds is 5. The van der Waals surface area contributed by atoms with Crippen molar-refractivity contribution >= 4 is 43.7 Å². The van der Waals surface area contributed by atoms with Gasteiger partial charge in [0.25, 0.3) is 0 Å². The van der Waals surface area contributed by atoms with E-state index in [0.29, 0.717) is 17.6 Å². The van der Waals surface area contributed by atoms with Crippen LogP contribution in [0.1, 0.15) is 0 Å². The van der Waals surface area contributed by atoms with Crippen molar-refractivity contribution in [2.24, 2.45) is 0 Å². The predicted molar refractivity (Wildman–Crippen MR) is 203 cm³/mol. The monoisotopic (exact) mass is 640 g/mol. The Morgan fingerprint density at radius 3 is 1.76 bits per heavy atom. The molecule has 4 aromatic heterocycles. The lowest BCUT2D eigenvalue weighted by Crippen LogP contribution is -2.06. The minimum absolute atomic E-state index is 0.524. The van der Waals surface area contributed by atoms with Crippen LogP contribution in [0.2, 0.25) is 0 Å². The van der Waals surface area contributed by atoms with E-state index in [9.17, 15) is 0 Å². The first-order valence-electron chi connectivity index (χ1n) is 16.7. The third kappa shape index (κ3) is 4.43. The number of para-hydroxylation sites is 3. The molecule has 0 saturated heterocycles. The molecule has 6 heteroatoms. The molecule has 10 aromatic rings. The molecule has 0 fully saturated rings. The molecule has 6 aromatic carbocycles. The van der Waals surface area contributed by atoms with Crippen LogP contribution in [0.3, 0.4) is 0 Å². The van der Waals surface area contributed by atoms with Crippen molar-refractivity contribution in [3.05, 3.63) is 170 Å². The fourth-order valence-electron chi connectivity index (χ4n) is 7.21. The highest BCUT2D eigenvalue weighted by molar-refractivity contribution is 6.15. The molecule has 6 nitrogen and oxygen atoms in total. The Bertz CT molecular complexity index is 2800. The van der Waals surface area contributed by atoms with Crippen molar-refractivity contribution in [1.29, 1.82) is 0 Å². The zero-order valence-corrected chi connectivity index (χ0v) is 26.8. The molecule has 0 saturated carbocycles. The van der Waals surface area contributed by atoms with Crippen LogP contribution in [0.15, 0.2) is 170 Å². The zero-order valence-electron chi connectivity index (χ0n) is 26.8. The molecule has 0 radical (unpaired) electrons. The van der Waals surface area contributed by atoms with Crippen LogP contribution in [-0.4, -0.2) is 29.1 Å². The maximum absolute atomic E-state index is 5.06. The third-order valence-corrected chi connectivity index (χ3v) is 9.43. The smallest absolute Gasteiger partial charge is 0.240 e. The van der Waals surface area contributed by atoms with Crippen LogP contribution in [0.5, 0.6) is 0 Å². The molecule has 0 spiro atoms. The van der Waals surface area contributed by atoms with Crippen LogP contribution in [0.25, 0.3) is 89.3 Å². The molecule has 0 amide bonds. The largest absolute Gasteiger partial charge is 0.309 e. The molecular formula is C44H28N6. The minimum Gasteiger partial charge on any atom is -0.309 e. The minimum atomic E-state index is 0.524. The quantitative estimate of drug-likeness (QED) is 0.188. The van der Waals surface area contributed by atoms with Gasteiger partial charge in [0.2, 0.25) is 5.95 Å². The number of fused-ring (bicyclic) bond motifs is 6. The summed E-state index contributed by atoms with van der Waals surface area (Å²) in [5, 5.41) is 4.56. The average Bonchev–Trinajstić information content (AvgIpc) is 3.71. The normalized spacial score (nSPS) is 11.6. The molecule has 0 aliphatic carbocycles. The lowest BCUT2D eigenvalue weighted by molar-refractivity contribution is 0.944. The summed E-state index contributed by atoms with van der Waals surface area (Å²) in [5.74, 6) is 1.74. The Kier molecular flexibility index (Phi) is 6.39. The van der Waals surface area contributed by atoms with E-state index in [-0.39, 0.29) is 0 Å². The van der Waals surface area contributed by atoms with Gasteiger partial charge in [-0.1, -0.05) is 121 Å². The van der Waals surface area contributed by atoms with E-state index < -0.39 is 0 Å². The molecule has 4 heterocycles. The van der Waals surface area contributed by atoms with E-state index in [2.05, 4.69) is 106 Å². The van der Waals surface area contributed by atoms with Gasteiger partial charge in [-0.3, -0.25) is 4.57 Å². The fourth-order valence-corrected chi connectivity index (χ4v) is 7.21.